The highest BCUT2D eigenvalue weighted by Crippen LogP contribution is 2.19. The minimum Gasteiger partial charge on any atom is -0.364 e. The van der Waals surface area contributed by atoms with Crippen molar-refractivity contribution in [3.05, 3.63) is 29.7 Å². The number of aliphatic imine (C=N–C) groups is 1. The Bertz CT molecular complexity index is 450. The molecule has 0 atom stereocenters. The van der Waals surface area contributed by atoms with Crippen molar-refractivity contribution >= 4 is 5.96 Å². The van der Waals surface area contributed by atoms with Crippen molar-refractivity contribution in [1.82, 2.24) is 15.4 Å². The van der Waals surface area contributed by atoms with Gasteiger partial charge in [0.1, 0.15) is 12.0 Å². The molecule has 0 spiro atoms. The van der Waals surface area contributed by atoms with E-state index in [1.807, 2.05) is 25.1 Å². The maximum Gasteiger partial charge on any atom is 0.193 e. The molecule has 5 nitrogen and oxygen atoms in total. The lowest BCUT2D eigenvalue weighted by Gasteiger charge is -2.21. The first-order chi connectivity index (χ1) is 9.79. The van der Waals surface area contributed by atoms with Crippen molar-refractivity contribution in [3.8, 4) is 0 Å². The van der Waals surface area contributed by atoms with Gasteiger partial charge in [-0.15, -0.1) is 0 Å². The molecule has 5 heteroatoms. The first-order valence-corrected chi connectivity index (χ1v) is 7.28. The second kappa shape index (κ2) is 7.72. The summed E-state index contributed by atoms with van der Waals surface area (Å²) in [4.78, 5) is 6.35. The number of nitrogens with one attached hydrogen (secondary N) is 1. The van der Waals surface area contributed by atoms with Gasteiger partial charge >= 0.3 is 0 Å². The van der Waals surface area contributed by atoms with Crippen molar-refractivity contribution in [2.45, 2.75) is 38.6 Å². The number of allylic oxidation sites excluding steroid dienone is 1. The highest BCUT2D eigenvalue weighted by molar-refractivity contribution is 5.79. The van der Waals surface area contributed by atoms with Gasteiger partial charge in [-0.1, -0.05) is 16.8 Å². The molecule has 0 aliphatic heterocycles. The number of rotatable bonds is 5. The van der Waals surface area contributed by atoms with Gasteiger partial charge in [-0.25, -0.2) is 0 Å². The number of hydrogen-bond acceptors (Lipinski definition) is 3. The third-order valence-electron chi connectivity index (χ3n) is 3.58. The Kier molecular flexibility index (Phi) is 5.65. The fourth-order valence-corrected chi connectivity index (χ4v) is 2.49. The van der Waals surface area contributed by atoms with Crippen molar-refractivity contribution < 1.29 is 4.52 Å². The van der Waals surface area contributed by atoms with Crippen LogP contribution in [0, 0.1) is 0 Å². The van der Waals surface area contributed by atoms with Gasteiger partial charge in [0.05, 0.1) is 6.54 Å². The van der Waals surface area contributed by atoms with Gasteiger partial charge < -0.3 is 14.7 Å². The number of hydrogen-bond donors (Lipinski definition) is 1. The smallest absolute Gasteiger partial charge is 0.193 e. The molecule has 1 aromatic rings. The van der Waals surface area contributed by atoms with Crippen LogP contribution in [0.15, 0.2) is 33.5 Å². The Morgan fingerprint density at radius 2 is 2.40 bits per heavy atom. The molecule has 110 valence electrons. The van der Waals surface area contributed by atoms with E-state index in [0.29, 0.717) is 6.54 Å². The van der Waals surface area contributed by atoms with E-state index < -0.39 is 0 Å². The average molecular weight is 276 g/mol. The standard InChI is InChI=1S/C15H24N4O/c1-16-15(19(2)12-14-9-11-20-18-14)17-10-8-13-6-4-3-5-7-13/h6,9,11H,3-5,7-8,10,12H2,1-2H3,(H,16,17). The fraction of sp³-hybridized carbons (Fsp3) is 0.600. The largest absolute Gasteiger partial charge is 0.364 e. The molecule has 0 radical (unpaired) electrons. The highest BCUT2D eigenvalue weighted by atomic mass is 16.5. The lowest BCUT2D eigenvalue weighted by Crippen LogP contribution is -2.39. The predicted octanol–water partition coefficient (Wildman–Crippen LogP) is 2.57. The molecule has 0 saturated heterocycles. The van der Waals surface area contributed by atoms with Gasteiger partial charge in [-0.2, -0.15) is 0 Å². The molecule has 0 fully saturated rings. The second-order valence-electron chi connectivity index (χ2n) is 5.18. The Balaban J connectivity index is 1.75. The lowest BCUT2D eigenvalue weighted by atomic mass is 9.97. The predicted molar refractivity (Wildman–Crippen MR) is 80.5 cm³/mol. The zero-order chi connectivity index (χ0) is 14.2. The first-order valence-electron chi connectivity index (χ1n) is 7.28. The summed E-state index contributed by atoms with van der Waals surface area (Å²) in [6, 6.07) is 1.87. The molecule has 1 aliphatic carbocycles. The van der Waals surface area contributed by atoms with E-state index in [2.05, 4.69) is 21.5 Å². The molecule has 1 N–H and O–H groups in total. The van der Waals surface area contributed by atoms with E-state index in [4.69, 9.17) is 4.52 Å². The minimum absolute atomic E-state index is 0.693. The van der Waals surface area contributed by atoms with Crippen LogP contribution in [0.2, 0.25) is 0 Å². The van der Waals surface area contributed by atoms with E-state index in [9.17, 15) is 0 Å². The van der Waals surface area contributed by atoms with E-state index in [-0.39, 0.29) is 0 Å². The summed E-state index contributed by atoms with van der Waals surface area (Å²) in [5, 5.41) is 7.32. The minimum atomic E-state index is 0.693. The number of nitrogens with zero attached hydrogens (tertiary/aromatic N) is 3. The quantitative estimate of drug-likeness (QED) is 0.510. The summed E-state index contributed by atoms with van der Waals surface area (Å²) in [5.74, 6) is 0.893. The Hall–Kier alpha value is -1.78. The molecule has 20 heavy (non-hydrogen) atoms. The molecule has 0 aromatic carbocycles. The van der Waals surface area contributed by atoms with E-state index in [0.717, 1.165) is 24.6 Å². The monoisotopic (exact) mass is 276 g/mol. The van der Waals surface area contributed by atoms with Gasteiger partial charge in [0, 0.05) is 26.7 Å². The zero-order valence-electron chi connectivity index (χ0n) is 12.4. The van der Waals surface area contributed by atoms with Crippen LogP contribution in [0.25, 0.3) is 0 Å². The van der Waals surface area contributed by atoms with Gasteiger partial charge in [-0.3, -0.25) is 4.99 Å². The molecule has 2 rings (SSSR count). The average Bonchev–Trinajstić information content (AvgIpc) is 2.97. The molecule has 0 unspecified atom stereocenters. The van der Waals surface area contributed by atoms with Crippen LogP contribution >= 0.6 is 0 Å². The summed E-state index contributed by atoms with van der Waals surface area (Å²) in [6.45, 7) is 1.63. The van der Waals surface area contributed by atoms with Crippen LogP contribution in [-0.4, -0.2) is 36.7 Å². The van der Waals surface area contributed by atoms with Crippen molar-refractivity contribution in [2.75, 3.05) is 20.6 Å². The number of guanidine groups is 1. The Labute approximate surface area is 120 Å². The maximum absolute atomic E-state index is 4.84. The molecule has 1 aliphatic rings. The third kappa shape index (κ3) is 4.40. The summed E-state index contributed by atoms with van der Waals surface area (Å²) in [5.41, 5.74) is 2.49. The maximum atomic E-state index is 4.84. The van der Waals surface area contributed by atoms with E-state index in [1.165, 1.54) is 25.7 Å². The van der Waals surface area contributed by atoms with E-state index in [1.54, 1.807) is 11.8 Å². The van der Waals surface area contributed by atoms with Gasteiger partial charge in [-0.05, 0) is 32.1 Å². The van der Waals surface area contributed by atoms with Gasteiger partial charge in [0.2, 0.25) is 0 Å². The van der Waals surface area contributed by atoms with Crippen LogP contribution in [-0.2, 0) is 6.54 Å². The van der Waals surface area contributed by atoms with Crippen LogP contribution in [0.1, 0.15) is 37.8 Å². The summed E-state index contributed by atoms with van der Waals surface area (Å²) >= 11 is 0. The van der Waals surface area contributed by atoms with Crippen LogP contribution in [0.4, 0.5) is 0 Å². The SMILES string of the molecule is CN=C(NCCC1=CCCCC1)N(C)Cc1ccon1. The molecule has 1 heterocycles. The molecule has 0 amide bonds. The van der Waals surface area contributed by atoms with Crippen molar-refractivity contribution in [3.63, 3.8) is 0 Å². The first kappa shape index (κ1) is 14.6. The van der Waals surface area contributed by atoms with Crippen LogP contribution in [0.3, 0.4) is 0 Å². The van der Waals surface area contributed by atoms with Crippen LogP contribution in [0.5, 0.6) is 0 Å². The van der Waals surface area contributed by atoms with E-state index >= 15 is 0 Å². The number of aromatic nitrogens is 1. The molecule has 1 aromatic heterocycles. The summed E-state index contributed by atoms with van der Waals surface area (Å²) < 4.78 is 4.84. The Morgan fingerprint density at radius 1 is 1.50 bits per heavy atom. The molecule has 0 saturated carbocycles. The second-order valence-corrected chi connectivity index (χ2v) is 5.18. The fourth-order valence-electron chi connectivity index (χ4n) is 2.49. The summed E-state index contributed by atoms with van der Waals surface area (Å²) in [6.07, 6.45) is 10.3. The van der Waals surface area contributed by atoms with Gasteiger partial charge in [0.25, 0.3) is 0 Å². The third-order valence-corrected chi connectivity index (χ3v) is 3.58. The zero-order valence-corrected chi connectivity index (χ0v) is 12.4. The molecular formula is C15H24N4O. The lowest BCUT2D eigenvalue weighted by molar-refractivity contribution is 0.391. The van der Waals surface area contributed by atoms with Crippen molar-refractivity contribution in [1.29, 1.82) is 0 Å². The highest BCUT2D eigenvalue weighted by Gasteiger charge is 2.09. The molecular weight excluding hydrogens is 252 g/mol. The van der Waals surface area contributed by atoms with Crippen LogP contribution < -0.4 is 5.32 Å². The molecule has 0 bridgehead atoms. The Morgan fingerprint density at radius 3 is 3.05 bits per heavy atom. The van der Waals surface area contributed by atoms with Crippen molar-refractivity contribution in [2.24, 2.45) is 4.99 Å². The topological polar surface area (TPSA) is 53.7 Å². The summed E-state index contributed by atoms with van der Waals surface area (Å²) in [7, 11) is 3.81. The normalized spacial score (nSPS) is 15.9. The van der Waals surface area contributed by atoms with Gasteiger partial charge in [0.15, 0.2) is 5.96 Å².